The summed E-state index contributed by atoms with van der Waals surface area (Å²) in [7, 11) is 1.65. The Balaban J connectivity index is 1.53. The summed E-state index contributed by atoms with van der Waals surface area (Å²) in [5.41, 5.74) is 2.21. The second-order valence-corrected chi connectivity index (χ2v) is 6.00. The molecule has 128 valence electrons. The molecule has 1 fully saturated rings. The molecule has 3 heterocycles. The van der Waals surface area contributed by atoms with Gasteiger partial charge in [-0.1, -0.05) is 30.3 Å². The predicted molar refractivity (Wildman–Crippen MR) is 89.8 cm³/mol. The van der Waals surface area contributed by atoms with Gasteiger partial charge in [-0.15, -0.1) is 0 Å². The third-order valence-electron chi connectivity index (χ3n) is 4.52. The molecule has 0 saturated carbocycles. The third kappa shape index (κ3) is 2.91. The first-order valence-electron chi connectivity index (χ1n) is 8.04. The van der Waals surface area contributed by atoms with Gasteiger partial charge in [-0.3, -0.25) is 4.79 Å². The molecule has 0 aliphatic carbocycles. The van der Waals surface area contributed by atoms with E-state index < -0.39 is 0 Å². The van der Waals surface area contributed by atoms with E-state index in [4.69, 9.17) is 4.74 Å². The van der Waals surface area contributed by atoms with Crippen molar-refractivity contribution in [3.05, 3.63) is 54.1 Å². The number of hydrogen-bond acceptors (Lipinski definition) is 5. The van der Waals surface area contributed by atoms with Crippen LogP contribution in [0.3, 0.4) is 0 Å². The molecule has 0 radical (unpaired) electrons. The average molecular weight is 338 g/mol. The number of nitrogens with zero attached hydrogens (tertiary/aromatic N) is 4. The van der Waals surface area contributed by atoms with E-state index in [9.17, 15) is 4.79 Å². The normalized spacial score (nSPS) is 20.1. The number of ether oxygens (including phenoxy) is 1. The summed E-state index contributed by atoms with van der Waals surface area (Å²) in [6.07, 6.45) is 3.15. The number of imidazole rings is 1. The number of likely N-dealkylation sites (tertiary alicyclic amines) is 1. The first-order chi connectivity index (χ1) is 12.3. The number of hydrogen-bond donors (Lipinski definition) is 2. The third-order valence-corrected chi connectivity index (χ3v) is 4.52. The number of benzene rings is 1. The van der Waals surface area contributed by atoms with E-state index in [0.717, 1.165) is 11.3 Å². The SMILES string of the molecule is CO[C@@H]1CN(C(=O)c2cnc(-c3ccccc3)[nH]2)C[C@H]1c1cn[nH]n1. The van der Waals surface area contributed by atoms with E-state index in [1.807, 2.05) is 30.3 Å². The van der Waals surface area contributed by atoms with E-state index >= 15 is 0 Å². The molecule has 1 aromatic carbocycles. The quantitative estimate of drug-likeness (QED) is 0.750. The summed E-state index contributed by atoms with van der Waals surface area (Å²) < 4.78 is 5.54. The van der Waals surface area contributed by atoms with Crippen LogP contribution in [0.4, 0.5) is 0 Å². The Morgan fingerprint density at radius 3 is 2.80 bits per heavy atom. The number of aromatic nitrogens is 5. The molecule has 4 rings (SSSR count). The van der Waals surface area contributed by atoms with E-state index in [-0.39, 0.29) is 17.9 Å². The summed E-state index contributed by atoms with van der Waals surface area (Å²) in [6, 6.07) is 9.71. The highest BCUT2D eigenvalue weighted by Gasteiger charge is 2.38. The molecule has 2 atom stereocenters. The van der Waals surface area contributed by atoms with Gasteiger partial charge in [-0.05, 0) is 0 Å². The lowest BCUT2D eigenvalue weighted by molar-refractivity contribution is 0.0710. The van der Waals surface area contributed by atoms with Crippen LogP contribution >= 0.6 is 0 Å². The fourth-order valence-electron chi connectivity index (χ4n) is 3.19. The zero-order chi connectivity index (χ0) is 17.2. The lowest BCUT2D eigenvalue weighted by atomic mass is 10.0. The summed E-state index contributed by atoms with van der Waals surface area (Å²) >= 11 is 0. The summed E-state index contributed by atoms with van der Waals surface area (Å²) in [5.74, 6) is 0.589. The fourth-order valence-corrected chi connectivity index (χ4v) is 3.19. The summed E-state index contributed by atoms with van der Waals surface area (Å²) in [6.45, 7) is 1.04. The fraction of sp³-hybridized carbons (Fsp3) is 0.294. The van der Waals surface area contributed by atoms with Crippen molar-refractivity contribution in [1.82, 2.24) is 30.3 Å². The van der Waals surface area contributed by atoms with Crippen molar-refractivity contribution >= 4 is 5.91 Å². The van der Waals surface area contributed by atoms with Crippen LogP contribution in [0.15, 0.2) is 42.7 Å². The molecule has 8 nitrogen and oxygen atoms in total. The van der Waals surface area contributed by atoms with Gasteiger partial charge in [0.1, 0.15) is 11.5 Å². The van der Waals surface area contributed by atoms with E-state index in [2.05, 4.69) is 25.4 Å². The molecule has 8 heteroatoms. The Hall–Kier alpha value is -3.00. The molecular formula is C17H18N6O2. The van der Waals surface area contributed by atoms with Gasteiger partial charge < -0.3 is 14.6 Å². The van der Waals surface area contributed by atoms with Gasteiger partial charge in [-0.25, -0.2) is 4.98 Å². The number of carbonyl (C=O) groups excluding carboxylic acids is 1. The standard InChI is InChI=1S/C17H18N6O2/c1-25-15-10-23(9-12(15)13-8-19-22-21-13)17(24)14-7-18-16(20-14)11-5-3-2-4-6-11/h2-8,12,15H,9-10H2,1H3,(H,18,20)(H,19,21,22)/t12-,15+/m0/s1. The number of H-pyrrole nitrogens is 2. The van der Waals surface area contributed by atoms with Crippen LogP contribution in [-0.2, 0) is 4.74 Å². The van der Waals surface area contributed by atoms with Crippen molar-refractivity contribution in [2.75, 3.05) is 20.2 Å². The van der Waals surface area contributed by atoms with Crippen molar-refractivity contribution in [3.8, 4) is 11.4 Å². The minimum Gasteiger partial charge on any atom is -0.379 e. The molecule has 1 amide bonds. The molecule has 2 N–H and O–H groups in total. The predicted octanol–water partition coefficient (Wildman–Crippen LogP) is 1.45. The van der Waals surface area contributed by atoms with Gasteiger partial charge in [0.15, 0.2) is 0 Å². The number of methoxy groups -OCH3 is 1. The molecule has 2 aromatic heterocycles. The number of amides is 1. The molecular weight excluding hydrogens is 320 g/mol. The Kier molecular flexibility index (Phi) is 4.02. The number of nitrogens with one attached hydrogen (secondary N) is 2. The second kappa shape index (κ2) is 6.48. The molecule has 1 aliphatic heterocycles. The van der Waals surface area contributed by atoms with Crippen molar-refractivity contribution in [2.24, 2.45) is 0 Å². The number of aromatic amines is 2. The van der Waals surface area contributed by atoms with E-state index in [0.29, 0.717) is 24.6 Å². The Bertz CT molecular complexity index is 845. The van der Waals surface area contributed by atoms with Crippen LogP contribution in [0.2, 0.25) is 0 Å². The Morgan fingerprint density at radius 2 is 2.08 bits per heavy atom. The van der Waals surface area contributed by atoms with Crippen molar-refractivity contribution < 1.29 is 9.53 Å². The van der Waals surface area contributed by atoms with Gasteiger partial charge >= 0.3 is 0 Å². The maximum Gasteiger partial charge on any atom is 0.272 e. The van der Waals surface area contributed by atoms with Gasteiger partial charge in [-0.2, -0.15) is 15.4 Å². The molecule has 0 bridgehead atoms. The lowest BCUT2D eigenvalue weighted by Gasteiger charge is -2.14. The molecule has 1 saturated heterocycles. The van der Waals surface area contributed by atoms with Crippen LogP contribution < -0.4 is 0 Å². The highest BCUT2D eigenvalue weighted by molar-refractivity contribution is 5.93. The van der Waals surface area contributed by atoms with Crippen molar-refractivity contribution in [2.45, 2.75) is 12.0 Å². The molecule has 3 aromatic rings. The maximum atomic E-state index is 12.8. The van der Waals surface area contributed by atoms with Gasteiger partial charge in [0, 0.05) is 25.8 Å². The molecule has 25 heavy (non-hydrogen) atoms. The van der Waals surface area contributed by atoms with Crippen LogP contribution in [-0.4, -0.2) is 62.5 Å². The minimum atomic E-state index is -0.106. The van der Waals surface area contributed by atoms with Crippen LogP contribution in [0.25, 0.3) is 11.4 Å². The average Bonchev–Trinajstić information content (AvgIpc) is 3.41. The highest BCUT2D eigenvalue weighted by Crippen LogP contribution is 2.29. The largest absolute Gasteiger partial charge is 0.379 e. The number of carbonyl (C=O) groups is 1. The highest BCUT2D eigenvalue weighted by atomic mass is 16.5. The van der Waals surface area contributed by atoms with Crippen molar-refractivity contribution in [1.29, 1.82) is 0 Å². The monoisotopic (exact) mass is 338 g/mol. The maximum absolute atomic E-state index is 12.8. The van der Waals surface area contributed by atoms with Crippen LogP contribution in [0.5, 0.6) is 0 Å². The Morgan fingerprint density at radius 1 is 1.24 bits per heavy atom. The van der Waals surface area contributed by atoms with Gasteiger partial charge in [0.25, 0.3) is 5.91 Å². The summed E-state index contributed by atoms with van der Waals surface area (Å²) in [4.78, 5) is 22.0. The second-order valence-electron chi connectivity index (χ2n) is 6.00. The molecule has 1 aliphatic rings. The topological polar surface area (TPSA) is 99.8 Å². The minimum absolute atomic E-state index is 0.00390. The smallest absolute Gasteiger partial charge is 0.272 e. The van der Waals surface area contributed by atoms with Gasteiger partial charge in [0.2, 0.25) is 0 Å². The van der Waals surface area contributed by atoms with E-state index in [1.165, 1.54) is 0 Å². The number of rotatable bonds is 4. The lowest BCUT2D eigenvalue weighted by Crippen LogP contribution is -2.30. The Labute approximate surface area is 144 Å². The first kappa shape index (κ1) is 15.5. The molecule has 0 spiro atoms. The van der Waals surface area contributed by atoms with Crippen LogP contribution in [0.1, 0.15) is 22.1 Å². The van der Waals surface area contributed by atoms with E-state index in [1.54, 1.807) is 24.4 Å². The zero-order valence-corrected chi connectivity index (χ0v) is 13.7. The van der Waals surface area contributed by atoms with Crippen LogP contribution in [0, 0.1) is 0 Å². The van der Waals surface area contributed by atoms with Gasteiger partial charge in [0.05, 0.1) is 30.1 Å². The summed E-state index contributed by atoms with van der Waals surface area (Å²) in [5, 5.41) is 10.6. The zero-order valence-electron chi connectivity index (χ0n) is 13.7. The first-order valence-corrected chi connectivity index (χ1v) is 8.04. The molecule has 0 unspecified atom stereocenters. The van der Waals surface area contributed by atoms with Crippen molar-refractivity contribution in [3.63, 3.8) is 0 Å².